The summed E-state index contributed by atoms with van der Waals surface area (Å²) in [6, 6.07) is 4.74. The van der Waals surface area contributed by atoms with Crippen LogP contribution in [0.15, 0.2) is 42.9 Å². The highest BCUT2D eigenvalue weighted by atomic mass is 19.1. The third-order valence-electron chi connectivity index (χ3n) is 4.76. The average Bonchev–Trinajstić information content (AvgIpc) is 2.77. The molecule has 0 aliphatic carbocycles. The summed E-state index contributed by atoms with van der Waals surface area (Å²) in [5.74, 6) is -0.743. The number of carbonyl (C=O) groups excluding carboxylic acids is 2. The molecule has 4 N–H and O–H groups in total. The molecule has 2 heterocycles. The second-order valence-electron chi connectivity index (χ2n) is 6.90. The Morgan fingerprint density at radius 1 is 1.20 bits per heavy atom. The Morgan fingerprint density at radius 3 is 2.70 bits per heavy atom. The molecule has 1 aliphatic heterocycles. The van der Waals surface area contributed by atoms with Gasteiger partial charge in [-0.1, -0.05) is 0 Å². The van der Waals surface area contributed by atoms with Crippen molar-refractivity contribution in [3.05, 3.63) is 54.4 Å². The largest absolute Gasteiger partial charge is 0.394 e. The third kappa shape index (κ3) is 6.19. The first kappa shape index (κ1) is 21.6. The number of amides is 3. The monoisotopic (exact) mass is 417 g/mol. The van der Waals surface area contributed by atoms with E-state index in [0.29, 0.717) is 31.5 Å². The number of halogens is 1. The van der Waals surface area contributed by atoms with Crippen molar-refractivity contribution in [1.82, 2.24) is 20.6 Å². The van der Waals surface area contributed by atoms with Crippen LogP contribution in [0.3, 0.4) is 0 Å². The van der Waals surface area contributed by atoms with Gasteiger partial charge in [0.25, 0.3) is 5.91 Å². The lowest BCUT2D eigenvalue weighted by molar-refractivity contribution is -0.0892. The number of rotatable bonds is 7. The first-order valence-electron chi connectivity index (χ1n) is 9.68. The van der Waals surface area contributed by atoms with Crippen LogP contribution in [0.1, 0.15) is 29.8 Å². The van der Waals surface area contributed by atoms with Gasteiger partial charge in [0.05, 0.1) is 24.9 Å². The highest BCUT2D eigenvalue weighted by Gasteiger charge is 2.32. The molecular weight excluding hydrogens is 393 g/mol. The van der Waals surface area contributed by atoms with Crippen LogP contribution in [-0.2, 0) is 4.74 Å². The second kappa shape index (κ2) is 10.6. The van der Waals surface area contributed by atoms with Crippen molar-refractivity contribution in [1.29, 1.82) is 0 Å². The molecule has 0 saturated carbocycles. The number of nitrogens with zero attached hydrogens (tertiary/aromatic N) is 2. The van der Waals surface area contributed by atoms with Gasteiger partial charge in [-0.2, -0.15) is 0 Å². The number of ether oxygens (including phenoxy) is 1. The quantitative estimate of drug-likeness (QED) is 0.541. The van der Waals surface area contributed by atoms with E-state index < -0.39 is 12.1 Å². The normalized spacial score (nSPS) is 20.9. The van der Waals surface area contributed by atoms with Crippen LogP contribution in [0.2, 0.25) is 0 Å². The summed E-state index contributed by atoms with van der Waals surface area (Å²) in [6.07, 6.45) is 5.44. The SMILES string of the molecule is O=C(NCC[C@H]1CC[C@H](NC(=O)c2cnccn2)[C@@H](CO)O1)Nc1ccc(F)cc1. The minimum Gasteiger partial charge on any atom is -0.394 e. The first-order chi connectivity index (χ1) is 14.5. The summed E-state index contributed by atoms with van der Waals surface area (Å²) in [4.78, 5) is 32.0. The Morgan fingerprint density at radius 2 is 2.00 bits per heavy atom. The zero-order valence-electron chi connectivity index (χ0n) is 16.3. The van der Waals surface area contributed by atoms with E-state index in [1.165, 1.54) is 42.9 Å². The number of nitrogens with one attached hydrogen (secondary N) is 3. The van der Waals surface area contributed by atoms with Crippen molar-refractivity contribution in [2.24, 2.45) is 0 Å². The Balaban J connectivity index is 1.40. The highest BCUT2D eigenvalue weighted by Crippen LogP contribution is 2.22. The van der Waals surface area contributed by atoms with Crippen molar-refractivity contribution in [3.63, 3.8) is 0 Å². The van der Waals surface area contributed by atoms with Gasteiger partial charge in [-0.05, 0) is 43.5 Å². The summed E-state index contributed by atoms with van der Waals surface area (Å²) < 4.78 is 18.8. The maximum atomic E-state index is 12.9. The van der Waals surface area contributed by atoms with Crippen molar-refractivity contribution in [2.75, 3.05) is 18.5 Å². The van der Waals surface area contributed by atoms with E-state index in [1.54, 1.807) is 0 Å². The Labute approximate surface area is 173 Å². The molecule has 1 aliphatic rings. The van der Waals surface area contributed by atoms with Crippen LogP contribution in [0.4, 0.5) is 14.9 Å². The number of carbonyl (C=O) groups is 2. The van der Waals surface area contributed by atoms with E-state index in [4.69, 9.17) is 4.74 Å². The minimum absolute atomic E-state index is 0.155. The maximum absolute atomic E-state index is 12.9. The number of aromatic nitrogens is 2. The van der Waals surface area contributed by atoms with Gasteiger partial charge in [-0.15, -0.1) is 0 Å². The molecule has 0 bridgehead atoms. The van der Waals surface area contributed by atoms with Crippen LogP contribution in [-0.4, -0.2) is 58.4 Å². The molecule has 1 aromatic carbocycles. The number of hydrogen-bond acceptors (Lipinski definition) is 6. The molecule has 30 heavy (non-hydrogen) atoms. The van der Waals surface area contributed by atoms with Crippen molar-refractivity contribution < 1.29 is 23.8 Å². The predicted molar refractivity (Wildman–Crippen MR) is 106 cm³/mol. The summed E-state index contributed by atoms with van der Waals surface area (Å²) in [6.45, 7) is 0.132. The van der Waals surface area contributed by atoms with Gasteiger partial charge in [0.1, 0.15) is 17.6 Å². The number of hydrogen-bond donors (Lipinski definition) is 4. The molecule has 0 spiro atoms. The molecule has 3 rings (SSSR count). The van der Waals surface area contributed by atoms with Gasteiger partial charge < -0.3 is 25.8 Å². The fourth-order valence-electron chi connectivity index (χ4n) is 3.22. The number of anilines is 1. The summed E-state index contributed by atoms with van der Waals surface area (Å²) in [7, 11) is 0. The minimum atomic E-state index is -0.544. The molecule has 0 unspecified atom stereocenters. The smallest absolute Gasteiger partial charge is 0.319 e. The molecule has 0 radical (unpaired) electrons. The van der Waals surface area contributed by atoms with Crippen LogP contribution in [0.5, 0.6) is 0 Å². The van der Waals surface area contributed by atoms with Gasteiger partial charge in [0.15, 0.2) is 0 Å². The molecule has 1 saturated heterocycles. The summed E-state index contributed by atoms with van der Waals surface area (Å²) in [5.41, 5.74) is 0.692. The molecular formula is C20H24FN5O4. The third-order valence-corrected chi connectivity index (χ3v) is 4.76. The highest BCUT2D eigenvalue weighted by molar-refractivity contribution is 5.92. The summed E-state index contributed by atoms with van der Waals surface area (Å²) >= 11 is 0. The fraction of sp³-hybridized carbons (Fsp3) is 0.400. The van der Waals surface area contributed by atoms with Crippen LogP contribution in [0, 0.1) is 5.82 Å². The van der Waals surface area contributed by atoms with E-state index in [0.717, 1.165) is 0 Å². The van der Waals surface area contributed by atoms with Gasteiger partial charge in [-0.25, -0.2) is 14.2 Å². The molecule has 1 aromatic heterocycles. The molecule has 2 aromatic rings. The molecule has 3 amide bonds. The van der Waals surface area contributed by atoms with Crippen LogP contribution >= 0.6 is 0 Å². The fourth-order valence-corrected chi connectivity index (χ4v) is 3.22. The molecule has 1 fully saturated rings. The van der Waals surface area contributed by atoms with E-state index in [-0.39, 0.29) is 36.2 Å². The topological polar surface area (TPSA) is 125 Å². The standard InChI is InChI=1S/C20H24FN5O4/c21-13-1-3-14(4-2-13)25-20(29)24-8-7-15-5-6-16(18(12-27)30-15)26-19(28)17-11-22-9-10-23-17/h1-4,9-11,15-16,18,27H,5-8,12H2,(H,26,28)(H2,24,25,29)/t15-,16+,18-/m1/s1. The number of aliphatic hydroxyl groups excluding tert-OH is 1. The Bertz CT molecular complexity index is 837. The summed E-state index contributed by atoms with van der Waals surface area (Å²) in [5, 5.41) is 17.8. The molecule has 3 atom stereocenters. The van der Waals surface area contributed by atoms with Crippen molar-refractivity contribution >= 4 is 17.6 Å². The van der Waals surface area contributed by atoms with Crippen molar-refractivity contribution in [2.45, 2.75) is 37.5 Å². The maximum Gasteiger partial charge on any atom is 0.319 e. The lowest BCUT2D eigenvalue weighted by Gasteiger charge is -2.36. The van der Waals surface area contributed by atoms with Gasteiger partial charge >= 0.3 is 6.03 Å². The predicted octanol–water partition coefficient (Wildman–Crippen LogP) is 1.47. The van der Waals surface area contributed by atoms with Gasteiger partial charge in [0.2, 0.25) is 0 Å². The first-order valence-corrected chi connectivity index (χ1v) is 9.68. The van der Waals surface area contributed by atoms with E-state index in [2.05, 4.69) is 25.9 Å². The van der Waals surface area contributed by atoms with Crippen molar-refractivity contribution in [3.8, 4) is 0 Å². The number of benzene rings is 1. The lowest BCUT2D eigenvalue weighted by atomic mass is 9.97. The van der Waals surface area contributed by atoms with Crippen LogP contribution in [0.25, 0.3) is 0 Å². The molecule has 160 valence electrons. The van der Waals surface area contributed by atoms with E-state index >= 15 is 0 Å². The number of aliphatic hydroxyl groups is 1. The van der Waals surface area contributed by atoms with Gasteiger partial charge in [-0.3, -0.25) is 9.78 Å². The second-order valence-corrected chi connectivity index (χ2v) is 6.90. The average molecular weight is 417 g/mol. The Kier molecular flexibility index (Phi) is 7.63. The zero-order chi connectivity index (χ0) is 21.3. The molecule has 10 heteroatoms. The van der Waals surface area contributed by atoms with Gasteiger partial charge in [0, 0.05) is 24.6 Å². The van der Waals surface area contributed by atoms with E-state index in [9.17, 15) is 19.1 Å². The van der Waals surface area contributed by atoms with Crippen LogP contribution < -0.4 is 16.0 Å². The Hall–Kier alpha value is -3.11. The zero-order valence-corrected chi connectivity index (χ0v) is 16.3. The molecule has 9 nitrogen and oxygen atoms in total. The lowest BCUT2D eigenvalue weighted by Crippen LogP contribution is -2.51. The number of urea groups is 1. The van der Waals surface area contributed by atoms with E-state index in [1.807, 2.05) is 0 Å².